The summed E-state index contributed by atoms with van der Waals surface area (Å²) in [5, 5.41) is 8.98. The Hall–Kier alpha value is 0.455. The molecule has 0 amide bonds. The predicted octanol–water partition coefficient (Wildman–Crippen LogP) is 1.20. The fraction of sp³-hybridized carbons (Fsp3) is 1.00. The number of hydrogen-bond donors (Lipinski definition) is 1. The highest BCUT2D eigenvalue weighted by atomic mass is 31.1. The fourth-order valence-electron chi connectivity index (χ4n) is 0.667. The standard InChI is InChI=1S/C7H16BOP/c1-3-7(2,4-9)5-10-6-8/h9-10H,3-6H2,1-2H3/t7-/m1/s1. The highest BCUT2D eigenvalue weighted by Gasteiger charge is 2.19. The second-order valence-corrected chi connectivity index (χ2v) is 4.22. The van der Waals surface area contributed by atoms with Gasteiger partial charge in [0.2, 0.25) is 0 Å². The normalized spacial score (nSPS) is 17.9. The van der Waals surface area contributed by atoms with Gasteiger partial charge in [0.25, 0.3) is 0 Å². The molecule has 0 aliphatic heterocycles. The van der Waals surface area contributed by atoms with Crippen molar-refractivity contribution in [2.75, 3.05) is 18.8 Å². The Morgan fingerprint density at radius 1 is 1.60 bits per heavy atom. The molecule has 2 radical (unpaired) electrons. The van der Waals surface area contributed by atoms with E-state index in [1.54, 1.807) is 0 Å². The molecular weight excluding hydrogens is 142 g/mol. The Bertz CT molecular complexity index is 83.7. The SMILES string of the molecule is [B]CPC[C@](C)(CC)CO. The summed E-state index contributed by atoms with van der Waals surface area (Å²) in [5.41, 5.74) is 0.123. The molecule has 0 fully saturated rings. The molecule has 0 saturated heterocycles. The zero-order chi connectivity index (χ0) is 8.04. The third kappa shape index (κ3) is 3.58. The van der Waals surface area contributed by atoms with Gasteiger partial charge in [-0.3, -0.25) is 0 Å². The van der Waals surface area contributed by atoms with Crippen LogP contribution in [-0.4, -0.2) is 31.8 Å². The Kier molecular flexibility index (Phi) is 5.39. The van der Waals surface area contributed by atoms with Crippen LogP contribution in [0.4, 0.5) is 0 Å². The van der Waals surface area contributed by atoms with Crippen LogP contribution in [0, 0.1) is 5.41 Å². The second-order valence-electron chi connectivity index (χ2n) is 2.95. The van der Waals surface area contributed by atoms with Crippen molar-refractivity contribution in [2.45, 2.75) is 20.3 Å². The molecule has 0 heterocycles. The van der Waals surface area contributed by atoms with E-state index in [9.17, 15) is 0 Å². The maximum Gasteiger partial charge on any atom is 0.0712 e. The molecule has 0 aliphatic carbocycles. The first-order valence-electron chi connectivity index (χ1n) is 3.70. The van der Waals surface area contributed by atoms with E-state index in [2.05, 4.69) is 13.8 Å². The first-order chi connectivity index (χ1) is 4.68. The summed E-state index contributed by atoms with van der Waals surface area (Å²) >= 11 is 0. The van der Waals surface area contributed by atoms with Crippen molar-refractivity contribution in [1.29, 1.82) is 0 Å². The predicted molar refractivity (Wildman–Crippen MR) is 49.3 cm³/mol. The van der Waals surface area contributed by atoms with Gasteiger partial charge < -0.3 is 5.11 Å². The summed E-state index contributed by atoms with van der Waals surface area (Å²) in [5.74, 6) is 0. The summed E-state index contributed by atoms with van der Waals surface area (Å²) in [4.78, 5) is 0. The van der Waals surface area contributed by atoms with Gasteiger partial charge in [-0.15, -0.1) is 8.58 Å². The van der Waals surface area contributed by atoms with E-state index in [1.165, 1.54) is 0 Å². The number of aliphatic hydroxyl groups is 1. The minimum atomic E-state index is 0.123. The van der Waals surface area contributed by atoms with Gasteiger partial charge in [0.15, 0.2) is 0 Å². The Morgan fingerprint density at radius 3 is 2.50 bits per heavy atom. The molecule has 1 N–H and O–H groups in total. The molecular formula is C7H16BOP. The van der Waals surface area contributed by atoms with Crippen LogP contribution in [-0.2, 0) is 0 Å². The largest absolute Gasteiger partial charge is 0.396 e. The van der Waals surface area contributed by atoms with Crippen molar-refractivity contribution in [3.05, 3.63) is 0 Å². The third-order valence-corrected chi connectivity index (χ3v) is 3.32. The van der Waals surface area contributed by atoms with E-state index in [1.807, 2.05) is 0 Å². The average Bonchev–Trinajstić information content (AvgIpc) is 2.00. The van der Waals surface area contributed by atoms with Gasteiger partial charge in [0.1, 0.15) is 0 Å². The molecule has 58 valence electrons. The van der Waals surface area contributed by atoms with Crippen molar-refractivity contribution in [3.63, 3.8) is 0 Å². The van der Waals surface area contributed by atoms with E-state index in [0.717, 1.165) is 27.2 Å². The molecule has 0 spiro atoms. The van der Waals surface area contributed by atoms with E-state index >= 15 is 0 Å². The molecule has 1 nitrogen and oxygen atoms in total. The highest BCUT2D eigenvalue weighted by Crippen LogP contribution is 2.27. The summed E-state index contributed by atoms with van der Waals surface area (Å²) < 4.78 is 0. The maximum absolute atomic E-state index is 8.98. The summed E-state index contributed by atoms with van der Waals surface area (Å²) in [6.07, 6.45) is 2.10. The zero-order valence-electron chi connectivity index (χ0n) is 6.85. The van der Waals surface area contributed by atoms with Gasteiger partial charge in [-0.2, -0.15) is 0 Å². The van der Waals surface area contributed by atoms with Crippen LogP contribution in [0.15, 0.2) is 0 Å². The van der Waals surface area contributed by atoms with Crippen LogP contribution in [0.25, 0.3) is 0 Å². The van der Waals surface area contributed by atoms with Crippen LogP contribution < -0.4 is 0 Å². The monoisotopic (exact) mass is 158 g/mol. The lowest BCUT2D eigenvalue weighted by atomic mass is 9.91. The molecule has 10 heavy (non-hydrogen) atoms. The Labute approximate surface area is 66.8 Å². The first-order valence-corrected chi connectivity index (χ1v) is 5.11. The number of aliphatic hydroxyl groups excluding tert-OH is 1. The van der Waals surface area contributed by atoms with Crippen LogP contribution >= 0.6 is 8.58 Å². The molecule has 0 saturated carbocycles. The molecule has 0 aromatic heterocycles. The Balaban J connectivity index is 3.58. The van der Waals surface area contributed by atoms with Gasteiger partial charge in [0.05, 0.1) is 7.85 Å². The second kappa shape index (κ2) is 5.15. The molecule has 0 aromatic carbocycles. The van der Waals surface area contributed by atoms with E-state index in [0.29, 0.717) is 0 Å². The zero-order valence-corrected chi connectivity index (χ0v) is 7.85. The lowest BCUT2D eigenvalue weighted by Crippen LogP contribution is -2.22. The number of hydrogen-bond acceptors (Lipinski definition) is 1. The average molecular weight is 158 g/mol. The molecule has 0 bridgehead atoms. The molecule has 0 aliphatic rings. The van der Waals surface area contributed by atoms with Crippen LogP contribution in [0.5, 0.6) is 0 Å². The molecule has 2 atom stereocenters. The maximum atomic E-state index is 8.98. The lowest BCUT2D eigenvalue weighted by Gasteiger charge is -2.24. The van der Waals surface area contributed by atoms with Crippen LogP contribution in [0.1, 0.15) is 20.3 Å². The summed E-state index contributed by atoms with van der Waals surface area (Å²) in [6, 6.07) is 0.760. The van der Waals surface area contributed by atoms with Gasteiger partial charge in [-0.1, -0.05) is 19.9 Å². The fourth-order valence-corrected chi connectivity index (χ4v) is 1.78. The van der Waals surface area contributed by atoms with Crippen molar-refractivity contribution >= 4 is 16.4 Å². The van der Waals surface area contributed by atoms with E-state index in [-0.39, 0.29) is 12.0 Å². The smallest absolute Gasteiger partial charge is 0.0712 e. The van der Waals surface area contributed by atoms with Crippen molar-refractivity contribution < 1.29 is 5.11 Å². The first kappa shape index (κ1) is 10.5. The molecule has 3 heteroatoms. The molecule has 0 rings (SSSR count). The molecule has 0 aromatic rings. The lowest BCUT2D eigenvalue weighted by molar-refractivity contribution is 0.159. The van der Waals surface area contributed by atoms with E-state index < -0.39 is 0 Å². The number of rotatable bonds is 5. The minimum absolute atomic E-state index is 0.123. The quantitative estimate of drug-likeness (QED) is 0.470. The topological polar surface area (TPSA) is 20.2 Å². The highest BCUT2D eigenvalue weighted by molar-refractivity contribution is 7.40. The van der Waals surface area contributed by atoms with Gasteiger partial charge in [0, 0.05) is 6.61 Å². The van der Waals surface area contributed by atoms with Crippen molar-refractivity contribution in [3.8, 4) is 0 Å². The summed E-state index contributed by atoms with van der Waals surface area (Å²) in [6.45, 7) is 4.50. The van der Waals surface area contributed by atoms with Gasteiger partial charge >= 0.3 is 0 Å². The third-order valence-electron chi connectivity index (χ3n) is 1.93. The molecule has 1 unspecified atom stereocenters. The van der Waals surface area contributed by atoms with Crippen molar-refractivity contribution in [2.24, 2.45) is 5.41 Å². The minimum Gasteiger partial charge on any atom is -0.396 e. The van der Waals surface area contributed by atoms with Crippen molar-refractivity contribution in [1.82, 2.24) is 0 Å². The summed E-state index contributed by atoms with van der Waals surface area (Å²) in [7, 11) is 6.17. The van der Waals surface area contributed by atoms with Gasteiger partial charge in [-0.25, -0.2) is 0 Å². The van der Waals surface area contributed by atoms with Crippen LogP contribution in [0.3, 0.4) is 0 Å². The van der Waals surface area contributed by atoms with Crippen LogP contribution in [0.2, 0.25) is 0 Å². The van der Waals surface area contributed by atoms with E-state index in [4.69, 9.17) is 13.0 Å². The van der Waals surface area contributed by atoms with Gasteiger partial charge in [-0.05, 0) is 18.0 Å². The Morgan fingerprint density at radius 2 is 2.20 bits per heavy atom.